The lowest BCUT2D eigenvalue weighted by atomic mass is 10.1. The van der Waals surface area contributed by atoms with E-state index < -0.39 is 24.2 Å². The molecule has 28 heavy (non-hydrogen) atoms. The molecule has 1 aromatic heterocycles. The average molecular weight is 408 g/mol. The van der Waals surface area contributed by atoms with Crippen molar-refractivity contribution in [3.05, 3.63) is 41.5 Å². The summed E-state index contributed by atoms with van der Waals surface area (Å²) in [4.78, 5) is 0. The van der Waals surface area contributed by atoms with Crippen molar-refractivity contribution in [3.63, 3.8) is 0 Å². The van der Waals surface area contributed by atoms with Crippen LogP contribution >= 0.6 is 0 Å². The molecule has 0 saturated carbocycles. The van der Waals surface area contributed by atoms with Gasteiger partial charge in [-0.1, -0.05) is 12.1 Å². The number of alkyl halides is 6. The summed E-state index contributed by atoms with van der Waals surface area (Å²) >= 11 is 0. The Morgan fingerprint density at radius 1 is 1.04 bits per heavy atom. The standard InChI is InChI=1S/C17H18F6N4O/c18-15(16(19,20)21)17(22,23)28-12-6-4-11(5-7-12)9-24-10-14-26-25-13-3-1-2-8-27(13)14/h4-7,15,24H,1-3,8-10H2/t15-/m1/s1. The Labute approximate surface area is 156 Å². The zero-order chi connectivity index (χ0) is 20.4. The second kappa shape index (κ2) is 7.98. The van der Waals surface area contributed by atoms with Gasteiger partial charge in [-0.2, -0.15) is 22.0 Å². The minimum absolute atomic E-state index is 0.368. The number of hydrogen-bond acceptors (Lipinski definition) is 4. The Bertz CT molecular complexity index is 790. The van der Waals surface area contributed by atoms with Crippen LogP contribution in [0.5, 0.6) is 5.75 Å². The van der Waals surface area contributed by atoms with Crippen molar-refractivity contribution in [2.45, 2.75) is 57.4 Å². The zero-order valence-electron chi connectivity index (χ0n) is 14.6. The number of benzene rings is 1. The summed E-state index contributed by atoms with van der Waals surface area (Å²) in [6.45, 7) is 1.69. The van der Waals surface area contributed by atoms with E-state index in [1.165, 1.54) is 12.1 Å². The second-order valence-electron chi connectivity index (χ2n) is 6.46. The van der Waals surface area contributed by atoms with E-state index >= 15 is 0 Å². The summed E-state index contributed by atoms with van der Waals surface area (Å²) in [5.74, 6) is 1.19. The SMILES string of the molecule is F[C@H](C(F)(F)F)C(F)(F)Oc1ccc(CNCc2nnc3n2CCCC3)cc1. The van der Waals surface area contributed by atoms with Gasteiger partial charge in [-0.05, 0) is 30.5 Å². The number of aryl methyl sites for hydroxylation is 1. The van der Waals surface area contributed by atoms with Crippen LogP contribution in [-0.2, 0) is 26.1 Å². The van der Waals surface area contributed by atoms with Crippen molar-refractivity contribution < 1.29 is 31.1 Å². The van der Waals surface area contributed by atoms with E-state index in [1.807, 2.05) is 0 Å². The molecule has 2 heterocycles. The molecule has 0 bridgehead atoms. The van der Waals surface area contributed by atoms with Crippen molar-refractivity contribution in [1.82, 2.24) is 20.1 Å². The van der Waals surface area contributed by atoms with Gasteiger partial charge >= 0.3 is 12.3 Å². The van der Waals surface area contributed by atoms with Crippen LogP contribution in [0.3, 0.4) is 0 Å². The lowest BCUT2D eigenvalue weighted by Crippen LogP contribution is -2.45. The Hall–Kier alpha value is -2.30. The van der Waals surface area contributed by atoms with Crippen molar-refractivity contribution in [3.8, 4) is 5.75 Å². The molecule has 0 aliphatic carbocycles. The van der Waals surface area contributed by atoms with E-state index in [0.717, 1.165) is 49.6 Å². The maximum atomic E-state index is 13.3. The smallest absolute Gasteiger partial charge is 0.430 e. The molecule has 2 aromatic rings. The molecule has 5 nitrogen and oxygen atoms in total. The number of rotatable bonds is 7. The number of aromatic nitrogens is 3. The molecule has 0 saturated heterocycles. The number of nitrogens with zero attached hydrogens (tertiary/aromatic N) is 3. The first-order chi connectivity index (χ1) is 13.2. The van der Waals surface area contributed by atoms with Gasteiger partial charge in [0.05, 0.1) is 6.54 Å². The quantitative estimate of drug-likeness (QED) is 0.709. The summed E-state index contributed by atoms with van der Waals surface area (Å²) in [7, 11) is 0. The van der Waals surface area contributed by atoms with Crippen molar-refractivity contribution >= 4 is 0 Å². The van der Waals surface area contributed by atoms with E-state index in [1.54, 1.807) is 0 Å². The summed E-state index contributed by atoms with van der Waals surface area (Å²) in [5, 5.41) is 11.4. The van der Waals surface area contributed by atoms with Crippen LogP contribution in [-0.4, -0.2) is 33.2 Å². The first kappa shape index (κ1) is 20.4. The number of halogens is 6. The highest BCUT2D eigenvalue weighted by Crippen LogP contribution is 2.36. The maximum absolute atomic E-state index is 13.3. The molecule has 11 heteroatoms. The van der Waals surface area contributed by atoms with E-state index in [4.69, 9.17) is 0 Å². The fourth-order valence-electron chi connectivity index (χ4n) is 2.89. The molecular formula is C17H18F6N4O. The van der Waals surface area contributed by atoms with Gasteiger partial charge in [0.25, 0.3) is 6.17 Å². The molecule has 0 fully saturated rings. The Morgan fingerprint density at radius 3 is 2.43 bits per heavy atom. The Balaban J connectivity index is 1.53. The van der Waals surface area contributed by atoms with Gasteiger partial charge in [-0.15, -0.1) is 10.2 Å². The lowest BCUT2D eigenvalue weighted by Gasteiger charge is -2.23. The minimum atomic E-state index is -5.71. The third kappa shape index (κ3) is 4.75. The maximum Gasteiger partial charge on any atom is 0.439 e. The molecule has 1 aliphatic rings. The van der Waals surface area contributed by atoms with Crippen molar-refractivity contribution in [2.24, 2.45) is 0 Å². The average Bonchev–Trinajstić information content (AvgIpc) is 3.05. The monoisotopic (exact) mass is 408 g/mol. The molecule has 1 N–H and O–H groups in total. The fourth-order valence-corrected chi connectivity index (χ4v) is 2.89. The van der Waals surface area contributed by atoms with Crippen molar-refractivity contribution in [2.75, 3.05) is 0 Å². The molecular weight excluding hydrogens is 390 g/mol. The van der Waals surface area contributed by atoms with Gasteiger partial charge in [0.2, 0.25) is 0 Å². The van der Waals surface area contributed by atoms with Crippen LogP contribution in [0.1, 0.15) is 30.1 Å². The van der Waals surface area contributed by atoms with Crippen molar-refractivity contribution in [1.29, 1.82) is 0 Å². The highest BCUT2D eigenvalue weighted by molar-refractivity contribution is 5.27. The molecule has 0 unspecified atom stereocenters. The predicted octanol–water partition coefficient (Wildman–Crippen LogP) is 3.78. The second-order valence-corrected chi connectivity index (χ2v) is 6.46. The summed E-state index contributed by atoms with van der Waals surface area (Å²) in [5.41, 5.74) is 0.682. The van der Waals surface area contributed by atoms with Gasteiger partial charge in [0.1, 0.15) is 17.4 Å². The van der Waals surface area contributed by atoms with Crippen LogP contribution < -0.4 is 10.1 Å². The van der Waals surface area contributed by atoms with Crippen LogP contribution in [0.25, 0.3) is 0 Å². The van der Waals surface area contributed by atoms with Crippen LogP contribution in [0.4, 0.5) is 26.3 Å². The normalized spacial score (nSPS) is 15.9. The van der Waals surface area contributed by atoms with E-state index in [9.17, 15) is 26.3 Å². The van der Waals surface area contributed by atoms with Gasteiger partial charge < -0.3 is 14.6 Å². The Kier molecular flexibility index (Phi) is 5.82. The lowest BCUT2D eigenvalue weighted by molar-refractivity contribution is -0.304. The molecule has 3 rings (SSSR count). The summed E-state index contributed by atoms with van der Waals surface area (Å²) in [6, 6.07) is 4.93. The van der Waals surface area contributed by atoms with E-state index in [0.29, 0.717) is 18.7 Å². The molecule has 0 radical (unpaired) electrons. The predicted molar refractivity (Wildman–Crippen MR) is 86.5 cm³/mol. The molecule has 154 valence electrons. The van der Waals surface area contributed by atoms with Gasteiger partial charge in [-0.3, -0.25) is 0 Å². The van der Waals surface area contributed by atoms with Gasteiger partial charge in [-0.25, -0.2) is 4.39 Å². The molecule has 0 amide bonds. The molecule has 1 aliphatic heterocycles. The molecule has 0 spiro atoms. The third-order valence-electron chi connectivity index (χ3n) is 4.31. The minimum Gasteiger partial charge on any atom is -0.430 e. The first-order valence-corrected chi connectivity index (χ1v) is 8.65. The first-order valence-electron chi connectivity index (χ1n) is 8.65. The largest absolute Gasteiger partial charge is 0.439 e. The highest BCUT2D eigenvalue weighted by atomic mass is 19.4. The zero-order valence-corrected chi connectivity index (χ0v) is 14.6. The van der Waals surface area contributed by atoms with E-state index in [2.05, 4.69) is 24.8 Å². The van der Waals surface area contributed by atoms with Gasteiger partial charge in [0.15, 0.2) is 0 Å². The highest BCUT2D eigenvalue weighted by Gasteiger charge is 2.59. The van der Waals surface area contributed by atoms with Gasteiger partial charge in [0, 0.05) is 19.5 Å². The Morgan fingerprint density at radius 2 is 1.75 bits per heavy atom. The summed E-state index contributed by atoms with van der Waals surface area (Å²) < 4.78 is 81.7. The molecule has 1 atom stereocenters. The fraction of sp³-hybridized carbons (Fsp3) is 0.529. The third-order valence-corrected chi connectivity index (χ3v) is 4.31. The number of ether oxygens (including phenoxy) is 1. The summed E-state index contributed by atoms with van der Waals surface area (Å²) in [6.07, 6.45) is -12.1. The topological polar surface area (TPSA) is 52.0 Å². The van der Waals surface area contributed by atoms with Crippen LogP contribution in [0.15, 0.2) is 24.3 Å². The number of hydrogen-bond donors (Lipinski definition) is 1. The van der Waals surface area contributed by atoms with Crippen LogP contribution in [0, 0.1) is 0 Å². The van der Waals surface area contributed by atoms with E-state index in [-0.39, 0.29) is 0 Å². The van der Waals surface area contributed by atoms with Crippen LogP contribution in [0.2, 0.25) is 0 Å². The number of nitrogens with one attached hydrogen (secondary N) is 1. The number of fused-ring (bicyclic) bond motifs is 1. The molecule has 1 aromatic carbocycles.